The van der Waals surface area contributed by atoms with Crippen molar-refractivity contribution in [1.82, 2.24) is 10.2 Å². The summed E-state index contributed by atoms with van der Waals surface area (Å²) in [6.07, 6.45) is 4.89. The molecular formula is C20H30N4O2. The van der Waals surface area contributed by atoms with Crippen LogP contribution in [0.4, 0.5) is 0 Å². The molecule has 1 aromatic rings. The van der Waals surface area contributed by atoms with Crippen LogP contribution in [0.15, 0.2) is 29.3 Å². The standard InChI is InChI=1S/C20H30N4O2/c1-22-19(24-11-5-6-15(13-24)12-18(21)25)23-14-20(9-10-20)16-7-3-4-8-17(16)26-2/h3-4,7-8,15H,5-6,9-14H2,1-2H3,(H2,21,25)(H,22,23). The average molecular weight is 358 g/mol. The zero-order valence-corrected chi connectivity index (χ0v) is 15.8. The number of amides is 1. The van der Waals surface area contributed by atoms with Gasteiger partial charge in [-0.15, -0.1) is 0 Å². The molecule has 142 valence electrons. The maximum atomic E-state index is 11.2. The number of para-hydroxylation sites is 1. The lowest BCUT2D eigenvalue weighted by Gasteiger charge is -2.35. The first-order valence-electron chi connectivity index (χ1n) is 9.45. The molecule has 1 aromatic carbocycles. The van der Waals surface area contributed by atoms with Crippen LogP contribution >= 0.6 is 0 Å². The quantitative estimate of drug-likeness (QED) is 0.601. The van der Waals surface area contributed by atoms with E-state index in [-0.39, 0.29) is 11.3 Å². The first-order chi connectivity index (χ1) is 12.6. The summed E-state index contributed by atoms with van der Waals surface area (Å²) in [4.78, 5) is 18.0. The number of rotatable bonds is 6. The monoisotopic (exact) mass is 358 g/mol. The summed E-state index contributed by atoms with van der Waals surface area (Å²) in [7, 11) is 3.55. The van der Waals surface area contributed by atoms with E-state index < -0.39 is 0 Å². The zero-order valence-electron chi connectivity index (χ0n) is 15.8. The van der Waals surface area contributed by atoms with Crippen LogP contribution in [0.25, 0.3) is 0 Å². The number of nitrogens with one attached hydrogen (secondary N) is 1. The molecule has 1 atom stereocenters. The van der Waals surface area contributed by atoms with Gasteiger partial charge in [-0.1, -0.05) is 18.2 Å². The van der Waals surface area contributed by atoms with Crippen LogP contribution in [-0.4, -0.2) is 50.6 Å². The Balaban J connectivity index is 1.63. The second-order valence-electron chi connectivity index (χ2n) is 7.51. The Morgan fingerprint density at radius 2 is 2.19 bits per heavy atom. The molecule has 0 aromatic heterocycles. The van der Waals surface area contributed by atoms with Gasteiger partial charge in [-0.3, -0.25) is 9.79 Å². The number of carbonyl (C=O) groups is 1. The van der Waals surface area contributed by atoms with Gasteiger partial charge < -0.3 is 20.7 Å². The van der Waals surface area contributed by atoms with Gasteiger partial charge in [0, 0.05) is 44.1 Å². The van der Waals surface area contributed by atoms with E-state index in [4.69, 9.17) is 10.5 Å². The first-order valence-corrected chi connectivity index (χ1v) is 9.45. The molecule has 2 aliphatic rings. The van der Waals surface area contributed by atoms with E-state index in [0.717, 1.165) is 57.0 Å². The topological polar surface area (TPSA) is 80.0 Å². The van der Waals surface area contributed by atoms with Gasteiger partial charge in [-0.05, 0) is 37.7 Å². The fourth-order valence-corrected chi connectivity index (χ4v) is 4.06. The van der Waals surface area contributed by atoms with Crippen molar-refractivity contribution in [1.29, 1.82) is 0 Å². The van der Waals surface area contributed by atoms with Crippen LogP contribution < -0.4 is 15.8 Å². The van der Waals surface area contributed by atoms with Gasteiger partial charge in [-0.25, -0.2) is 0 Å². The highest BCUT2D eigenvalue weighted by Crippen LogP contribution is 2.50. The van der Waals surface area contributed by atoms with E-state index in [0.29, 0.717) is 12.3 Å². The van der Waals surface area contributed by atoms with Crippen LogP contribution in [0.2, 0.25) is 0 Å². The summed E-state index contributed by atoms with van der Waals surface area (Å²) >= 11 is 0. The number of aliphatic imine (C=N–C) groups is 1. The number of nitrogens with two attached hydrogens (primary N) is 1. The van der Waals surface area contributed by atoms with Crippen molar-refractivity contribution in [3.8, 4) is 5.75 Å². The lowest BCUT2D eigenvalue weighted by molar-refractivity contribution is -0.119. The number of benzene rings is 1. The largest absolute Gasteiger partial charge is 0.496 e. The molecule has 1 aliphatic heterocycles. The molecular weight excluding hydrogens is 328 g/mol. The van der Waals surface area contributed by atoms with Crippen molar-refractivity contribution in [2.45, 2.75) is 37.5 Å². The Kier molecular flexibility index (Phi) is 5.69. The molecule has 1 saturated heterocycles. The predicted molar refractivity (Wildman–Crippen MR) is 103 cm³/mol. The predicted octanol–water partition coefficient (Wildman–Crippen LogP) is 1.89. The molecule has 0 radical (unpaired) electrons. The van der Waals surface area contributed by atoms with E-state index in [1.807, 2.05) is 19.2 Å². The minimum atomic E-state index is -0.215. The van der Waals surface area contributed by atoms with Gasteiger partial charge in [0.25, 0.3) is 0 Å². The Bertz CT molecular complexity index is 670. The summed E-state index contributed by atoms with van der Waals surface area (Å²) in [6.45, 7) is 2.65. The van der Waals surface area contributed by atoms with Crippen LogP contribution in [0.5, 0.6) is 5.75 Å². The normalized spacial score (nSPS) is 22.0. The Hall–Kier alpha value is -2.24. The van der Waals surface area contributed by atoms with Gasteiger partial charge in [0.05, 0.1) is 7.11 Å². The lowest BCUT2D eigenvalue weighted by atomic mass is 9.94. The second kappa shape index (κ2) is 7.98. The molecule has 3 rings (SSSR count). The van der Waals surface area contributed by atoms with E-state index in [1.54, 1.807) is 7.11 Å². The third-order valence-corrected chi connectivity index (χ3v) is 5.64. The number of carbonyl (C=O) groups excluding carboxylic acids is 1. The number of guanidine groups is 1. The molecule has 0 bridgehead atoms. The summed E-state index contributed by atoms with van der Waals surface area (Å²) in [5, 5.41) is 3.57. The maximum absolute atomic E-state index is 11.2. The number of nitrogens with zero attached hydrogens (tertiary/aromatic N) is 2. The molecule has 6 heteroatoms. The first kappa shape index (κ1) is 18.5. The summed E-state index contributed by atoms with van der Waals surface area (Å²) < 4.78 is 5.56. The molecule has 1 aliphatic carbocycles. The third kappa shape index (κ3) is 4.11. The molecule has 2 fully saturated rings. The van der Waals surface area contributed by atoms with Crippen molar-refractivity contribution < 1.29 is 9.53 Å². The van der Waals surface area contributed by atoms with Crippen molar-refractivity contribution >= 4 is 11.9 Å². The minimum Gasteiger partial charge on any atom is -0.496 e. The van der Waals surface area contributed by atoms with Crippen molar-refractivity contribution in [2.75, 3.05) is 33.8 Å². The average Bonchev–Trinajstić information content (AvgIpc) is 3.43. The fourth-order valence-electron chi connectivity index (χ4n) is 4.06. The maximum Gasteiger partial charge on any atom is 0.217 e. The number of hydrogen-bond donors (Lipinski definition) is 2. The molecule has 1 unspecified atom stereocenters. The highest BCUT2D eigenvalue weighted by Gasteiger charge is 2.46. The number of hydrogen-bond acceptors (Lipinski definition) is 3. The van der Waals surface area contributed by atoms with Gasteiger partial charge >= 0.3 is 0 Å². The molecule has 1 heterocycles. The molecule has 1 saturated carbocycles. The highest BCUT2D eigenvalue weighted by atomic mass is 16.5. The lowest BCUT2D eigenvalue weighted by Crippen LogP contribution is -2.48. The zero-order chi connectivity index (χ0) is 18.6. The van der Waals surface area contributed by atoms with Crippen LogP contribution in [0, 0.1) is 5.92 Å². The Labute approximate surface area is 155 Å². The number of primary amides is 1. The van der Waals surface area contributed by atoms with Crippen molar-refractivity contribution in [3.05, 3.63) is 29.8 Å². The molecule has 3 N–H and O–H groups in total. The Morgan fingerprint density at radius 1 is 1.42 bits per heavy atom. The number of ether oxygens (including phenoxy) is 1. The van der Waals surface area contributed by atoms with Crippen molar-refractivity contribution in [2.24, 2.45) is 16.6 Å². The van der Waals surface area contributed by atoms with E-state index >= 15 is 0 Å². The number of likely N-dealkylation sites (tertiary alicyclic amines) is 1. The van der Waals surface area contributed by atoms with Gasteiger partial charge in [-0.2, -0.15) is 0 Å². The van der Waals surface area contributed by atoms with Crippen molar-refractivity contribution in [3.63, 3.8) is 0 Å². The van der Waals surface area contributed by atoms with E-state index in [2.05, 4.69) is 27.3 Å². The van der Waals surface area contributed by atoms with E-state index in [1.165, 1.54) is 5.56 Å². The Morgan fingerprint density at radius 3 is 2.85 bits per heavy atom. The second-order valence-corrected chi connectivity index (χ2v) is 7.51. The summed E-state index contributed by atoms with van der Waals surface area (Å²) in [5.41, 5.74) is 6.78. The minimum absolute atomic E-state index is 0.130. The smallest absolute Gasteiger partial charge is 0.217 e. The van der Waals surface area contributed by atoms with Crippen LogP contribution in [-0.2, 0) is 10.2 Å². The van der Waals surface area contributed by atoms with Gasteiger partial charge in [0.1, 0.15) is 5.75 Å². The SMILES string of the molecule is CN=C(NCC1(c2ccccc2OC)CC1)N1CCCC(CC(N)=O)C1. The molecule has 6 nitrogen and oxygen atoms in total. The van der Waals surface area contributed by atoms with Crippen LogP contribution in [0.3, 0.4) is 0 Å². The number of methoxy groups -OCH3 is 1. The molecule has 0 spiro atoms. The summed E-state index contributed by atoms with van der Waals surface area (Å²) in [6, 6.07) is 8.28. The van der Waals surface area contributed by atoms with E-state index in [9.17, 15) is 4.79 Å². The summed E-state index contributed by atoms with van der Waals surface area (Å²) in [5.74, 6) is 1.98. The molecule has 1 amide bonds. The number of piperidine rings is 1. The van der Waals surface area contributed by atoms with Gasteiger partial charge in [0.2, 0.25) is 5.91 Å². The third-order valence-electron chi connectivity index (χ3n) is 5.64. The van der Waals surface area contributed by atoms with Gasteiger partial charge in [0.15, 0.2) is 5.96 Å². The molecule has 26 heavy (non-hydrogen) atoms. The fraction of sp³-hybridized carbons (Fsp3) is 0.600. The van der Waals surface area contributed by atoms with Crippen LogP contribution in [0.1, 0.15) is 37.7 Å². The highest BCUT2D eigenvalue weighted by molar-refractivity contribution is 5.80.